The van der Waals surface area contributed by atoms with E-state index in [2.05, 4.69) is 14.9 Å². The number of hydrogen-bond acceptors (Lipinski definition) is 8. The molecule has 1 saturated heterocycles. The standard InChI is InChI=1S/C21H17N3O6S/c25-18-13-3-1-11(9-14(13)19(26)23-17(18)20(27)28)30-12-2-4-15-16(10-12)31-21(22-15)24-5-7-29-8-6-24/h1-4,9-10,25H,5-8H2,(H,23,26)(H,27,28). The summed E-state index contributed by atoms with van der Waals surface area (Å²) in [6, 6.07) is 10.1. The molecule has 0 bridgehead atoms. The molecule has 2 aromatic heterocycles. The highest BCUT2D eigenvalue weighted by molar-refractivity contribution is 7.22. The van der Waals surface area contributed by atoms with Crippen LogP contribution in [-0.4, -0.2) is 52.5 Å². The lowest BCUT2D eigenvalue weighted by atomic mass is 10.1. The molecule has 0 atom stereocenters. The molecule has 1 aliphatic rings. The average molecular weight is 439 g/mol. The molecular formula is C21H17N3O6S. The lowest BCUT2D eigenvalue weighted by Crippen LogP contribution is -2.36. The summed E-state index contributed by atoms with van der Waals surface area (Å²) < 4.78 is 12.3. The van der Waals surface area contributed by atoms with E-state index in [1.165, 1.54) is 12.1 Å². The van der Waals surface area contributed by atoms with Crippen LogP contribution in [-0.2, 0) is 4.74 Å². The number of thiazole rings is 1. The Balaban J connectivity index is 1.46. The van der Waals surface area contributed by atoms with Crippen LogP contribution in [0.4, 0.5) is 5.13 Å². The number of benzene rings is 2. The monoisotopic (exact) mass is 439 g/mol. The molecule has 3 heterocycles. The zero-order valence-corrected chi connectivity index (χ0v) is 16.9. The zero-order valence-electron chi connectivity index (χ0n) is 16.1. The minimum absolute atomic E-state index is 0.133. The van der Waals surface area contributed by atoms with Crippen molar-refractivity contribution < 1.29 is 24.5 Å². The van der Waals surface area contributed by atoms with E-state index in [4.69, 9.17) is 14.6 Å². The minimum atomic E-state index is -1.41. The lowest BCUT2D eigenvalue weighted by Gasteiger charge is -2.25. The molecule has 1 aliphatic heterocycles. The van der Waals surface area contributed by atoms with Crippen molar-refractivity contribution in [1.29, 1.82) is 0 Å². The molecule has 2 aromatic carbocycles. The quantitative estimate of drug-likeness (QED) is 0.443. The van der Waals surface area contributed by atoms with Gasteiger partial charge in [0.25, 0.3) is 5.56 Å². The Morgan fingerprint density at radius 2 is 1.87 bits per heavy atom. The molecule has 10 heteroatoms. The van der Waals surface area contributed by atoms with Gasteiger partial charge in [0, 0.05) is 24.5 Å². The third kappa shape index (κ3) is 3.56. The van der Waals surface area contributed by atoms with Gasteiger partial charge in [-0.15, -0.1) is 0 Å². The number of carboxylic acids is 1. The number of carboxylic acid groups (broad SMARTS) is 1. The number of aromatic amines is 1. The van der Waals surface area contributed by atoms with E-state index in [0.29, 0.717) is 24.7 Å². The first-order chi connectivity index (χ1) is 15.0. The van der Waals surface area contributed by atoms with Gasteiger partial charge in [0.05, 0.1) is 28.8 Å². The predicted octanol–water partition coefficient (Wildman–Crippen LogP) is 3.17. The lowest BCUT2D eigenvalue weighted by molar-refractivity contribution is 0.0687. The molecule has 158 valence electrons. The highest BCUT2D eigenvalue weighted by atomic mass is 32.1. The van der Waals surface area contributed by atoms with Crippen molar-refractivity contribution in [3.05, 3.63) is 52.4 Å². The molecule has 0 spiro atoms. The van der Waals surface area contributed by atoms with Crippen molar-refractivity contribution in [1.82, 2.24) is 9.97 Å². The predicted molar refractivity (Wildman–Crippen MR) is 116 cm³/mol. The number of carbonyl (C=O) groups is 1. The van der Waals surface area contributed by atoms with Gasteiger partial charge in [-0.25, -0.2) is 9.78 Å². The van der Waals surface area contributed by atoms with Crippen LogP contribution in [0.15, 0.2) is 41.2 Å². The van der Waals surface area contributed by atoms with E-state index in [9.17, 15) is 14.7 Å². The fourth-order valence-corrected chi connectivity index (χ4v) is 4.54. The van der Waals surface area contributed by atoms with E-state index in [1.54, 1.807) is 23.5 Å². The molecule has 9 nitrogen and oxygen atoms in total. The number of rotatable bonds is 4. The van der Waals surface area contributed by atoms with Crippen LogP contribution in [0.1, 0.15) is 10.5 Å². The second kappa shape index (κ2) is 7.56. The third-order valence-electron chi connectivity index (χ3n) is 5.05. The number of ether oxygens (including phenoxy) is 2. The van der Waals surface area contributed by atoms with Gasteiger partial charge >= 0.3 is 5.97 Å². The van der Waals surface area contributed by atoms with Crippen molar-refractivity contribution in [2.45, 2.75) is 0 Å². The summed E-state index contributed by atoms with van der Waals surface area (Å²) in [4.78, 5) is 32.5. The molecular weight excluding hydrogens is 422 g/mol. The van der Waals surface area contributed by atoms with Gasteiger partial charge in [-0.2, -0.15) is 0 Å². The summed E-state index contributed by atoms with van der Waals surface area (Å²) >= 11 is 1.58. The van der Waals surface area contributed by atoms with Crippen LogP contribution in [0.3, 0.4) is 0 Å². The van der Waals surface area contributed by atoms with Gasteiger partial charge in [-0.1, -0.05) is 11.3 Å². The summed E-state index contributed by atoms with van der Waals surface area (Å²) in [5.74, 6) is -0.939. The number of aromatic hydroxyl groups is 1. The Bertz CT molecular complexity index is 1370. The molecule has 0 unspecified atom stereocenters. The Hall–Kier alpha value is -3.63. The Labute approximate surface area is 179 Å². The second-order valence-electron chi connectivity index (χ2n) is 7.02. The van der Waals surface area contributed by atoms with Gasteiger partial charge in [0.2, 0.25) is 0 Å². The number of nitrogens with one attached hydrogen (secondary N) is 1. The molecule has 4 aromatic rings. The van der Waals surface area contributed by atoms with Crippen LogP contribution in [0.5, 0.6) is 17.2 Å². The number of H-pyrrole nitrogens is 1. The van der Waals surface area contributed by atoms with E-state index in [0.717, 1.165) is 28.4 Å². The third-order valence-corrected chi connectivity index (χ3v) is 6.12. The fourth-order valence-electron chi connectivity index (χ4n) is 3.49. The van der Waals surface area contributed by atoms with Gasteiger partial charge < -0.3 is 29.6 Å². The number of morpholine rings is 1. The fraction of sp³-hybridized carbons (Fsp3) is 0.190. The number of aromatic nitrogens is 2. The van der Waals surface area contributed by atoms with Crippen LogP contribution < -0.4 is 15.2 Å². The van der Waals surface area contributed by atoms with Crippen molar-refractivity contribution in [3.63, 3.8) is 0 Å². The second-order valence-corrected chi connectivity index (χ2v) is 8.03. The molecule has 0 saturated carbocycles. The molecule has 1 fully saturated rings. The molecule has 5 rings (SSSR count). The average Bonchev–Trinajstić information content (AvgIpc) is 3.20. The van der Waals surface area contributed by atoms with E-state index in [-0.39, 0.29) is 10.8 Å². The maximum Gasteiger partial charge on any atom is 0.356 e. The summed E-state index contributed by atoms with van der Waals surface area (Å²) in [7, 11) is 0. The number of pyridine rings is 1. The van der Waals surface area contributed by atoms with Crippen molar-refractivity contribution >= 4 is 43.4 Å². The Morgan fingerprint density at radius 3 is 2.65 bits per heavy atom. The van der Waals surface area contributed by atoms with E-state index < -0.39 is 23.0 Å². The Morgan fingerprint density at radius 1 is 1.13 bits per heavy atom. The van der Waals surface area contributed by atoms with E-state index in [1.807, 2.05) is 12.1 Å². The van der Waals surface area contributed by atoms with Crippen LogP contribution in [0.25, 0.3) is 21.0 Å². The van der Waals surface area contributed by atoms with Crippen LogP contribution >= 0.6 is 11.3 Å². The molecule has 31 heavy (non-hydrogen) atoms. The van der Waals surface area contributed by atoms with Crippen LogP contribution in [0, 0.1) is 0 Å². The van der Waals surface area contributed by atoms with Gasteiger partial charge in [-0.05, 0) is 30.3 Å². The number of fused-ring (bicyclic) bond motifs is 2. The summed E-state index contributed by atoms with van der Waals surface area (Å²) in [6.45, 7) is 3.00. The number of aromatic carboxylic acids is 1. The summed E-state index contributed by atoms with van der Waals surface area (Å²) in [5, 5.41) is 20.5. The van der Waals surface area contributed by atoms with E-state index >= 15 is 0 Å². The Kier molecular flexibility index (Phi) is 4.72. The highest BCUT2D eigenvalue weighted by Crippen LogP contribution is 2.34. The maximum atomic E-state index is 12.3. The van der Waals surface area contributed by atoms with Crippen molar-refractivity contribution in [2.75, 3.05) is 31.2 Å². The normalized spacial score (nSPS) is 14.3. The first-order valence-corrected chi connectivity index (χ1v) is 10.3. The smallest absolute Gasteiger partial charge is 0.356 e. The zero-order chi connectivity index (χ0) is 21.5. The maximum absolute atomic E-state index is 12.3. The minimum Gasteiger partial charge on any atom is -0.505 e. The number of nitrogens with zero attached hydrogens (tertiary/aromatic N) is 2. The molecule has 0 amide bonds. The molecule has 3 N–H and O–H groups in total. The SMILES string of the molecule is O=C(O)c1[nH]c(=O)c2cc(Oc3ccc4nc(N5CCOCC5)sc4c3)ccc2c1O. The van der Waals surface area contributed by atoms with Gasteiger partial charge in [-0.3, -0.25) is 4.79 Å². The van der Waals surface area contributed by atoms with Crippen molar-refractivity contribution in [3.8, 4) is 17.2 Å². The number of hydrogen-bond donors (Lipinski definition) is 3. The summed E-state index contributed by atoms with van der Waals surface area (Å²) in [5.41, 5.74) is -0.290. The first-order valence-electron chi connectivity index (χ1n) is 9.53. The number of anilines is 1. The van der Waals surface area contributed by atoms with Crippen LogP contribution in [0.2, 0.25) is 0 Å². The highest BCUT2D eigenvalue weighted by Gasteiger charge is 2.18. The van der Waals surface area contributed by atoms with Gasteiger partial charge in [0.15, 0.2) is 16.6 Å². The molecule has 0 radical (unpaired) electrons. The van der Waals surface area contributed by atoms with Gasteiger partial charge in [0.1, 0.15) is 11.5 Å². The summed E-state index contributed by atoms with van der Waals surface area (Å²) in [6.07, 6.45) is 0. The first kappa shape index (κ1) is 19.3. The topological polar surface area (TPSA) is 125 Å². The molecule has 0 aliphatic carbocycles. The largest absolute Gasteiger partial charge is 0.505 e. The van der Waals surface area contributed by atoms with Crippen molar-refractivity contribution in [2.24, 2.45) is 0 Å².